The third kappa shape index (κ3) is 3.90. The number of aliphatic hydroxyl groups is 1. The molecule has 0 saturated carbocycles. The molecular formula is C12H19NO. The van der Waals surface area contributed by atoms with Gasteiger partial charge < -0.3 is 10.4 Å². The van der Waals surface area contributed by atoms with Gasteiger partial charge in [-0.15, -0.1) is 0 Å². The lowest BCUT2D eigenvalue weighted by molar-refractivity contribution is 0.268. The molecule has 0 radical (unpaired) electrons. The predicted molar refractivity (Wildman–Crippen MR) is 59.2 cm³/mol. The van der Waals surface area contributed by atoms with Gasteiger partial charge in [0, 0.05) is 19.2 Å². The third-order valence-electron chi connectivity index (χ3n) is 2.30. The third-order valence-corrected chi connectivity index (χ3v) is 2.30. The summed E-state index contributed by atoms with van der Waals surface area (Å²) in [4.78, 5) is 0. The number of nitrogens with one attached hydrogen (secondary N) is 1. The minimum atomic E-state index is 0.252. The summed E-state index contributed by atoms with van der Waals surface area (Å²) in [7, 11) is 0. The summed E-state index contributed by atoms with van der Waals surface area (Å²) in [6, 6.07) is 8.84. The molecule has 0 bridgehead atoms. The quantitative estimate of drug-likeness (QED) is 0.748. The van der Waals surface area contributed by atoms with Crippen molar-refractivity contribution in [2.75, 3.05) is 6.61 Å². The first-order valence-electron chi connectivity index (χ1n) is 5.12. The predicted octanol–water partition coefficient (Wildman–Crippen LogP) is 1.86. The highest BCUT2D eigenvalue weighted by Crippen LogP contribution is 2.04. The summed E-state index contributed by atoms with van der Waals surface area (Å²) in [5, 5.41) is 12.1. The van der Waals surface area contributed by atoms with Crippen LogP contribution in [0.15, 0.2) is 24.3 Å². The van der Waals surface area contributed by atoms with E-state index in [-0.39, 0.29) is 6.61 Å². The van der Waals surface area contributed by atoms with Crippen molar-refractivity contribution >= 4 is 0 Å². The first kappa shape index (κ1) is 11.2. The van der Waals surface area contributed by atoms with Crippen molar-refractivity contribution in [3.8, 4) is 0 Å². The molecule has 2 heteroatoms. The highest BCUT2D eigenvalue weighted by Gasteiger charge is 1.99. The van der Waals surface area contributed by atoms with Crippen LogP contribution in [-0.2, 0) is 6.54 Å². The number of hydrogen-bond acceptors (Lipinski definition) is 2. The lowest BCUT2D eigenvalue weighted by Gasteiger charge is -2.12. The second kappa shape index (κ2) is 5.78. The molecule has 0 aliphatic rings. The molecule has 2 nitrogen and oxygen atoms in total. The second-order valence-corrected chi connectivity index (χ2v) is 3.78. The van der Waals surface area contributed by atoms with Crippen LogP contribution in [-0.4, -0.2) is 17.8 Å². The van der Waals surface area contributed by atoms with E-state index in [1.165, 1.54) is 11.1 Å². The van der Waals surface area contributed by atoms with Crippen LogP contribution in [0.2, 0.25) is 0 Å². The molecule has 0 aliphatic carbocycles. The number of aliphatic hydroxyl groups excluding tert-OH is 1. The smallest absolute Gasteiger partial charge is 0.0445 e. The Balaban J connectivity index is 2.37. The second-order valence-electron chi connectivity index (χ2n) is 3.78. The molecule has 0 spiro atoms. The van der Waals surface area contributed by atoms with Crippen molar-refractivity contribution in [1.82, 2.24) is 5.32 Å². The van der Waals surface area contributed by atoms with E-state index in [1.54, 1.807) is 0 Å². The Bertz CT molecular complexity index is 273. The van der Waals surface area contributed by atoms with E-state index >= 15 is 0 Å². The van der Waals surface area contributed by atoms with Crippen molar-refractivity contribution in [2.45, 2.75) is 32.9 Å². The highest BCUT2D eigenvalue weighted by molar-refractivity contribution is 5.21. The summed E-state index contributed by atoms with van der Waals surface area (Å²) in [6.07, 6.45) is 0.811. The van der Waals surface area contributed by atoms with Crippen molar-refractivity contribution in [1.29, 1.82) is 0 Å². The summed E-state index contributed by atoms with van der Waals surface area (Å²) < 4.78 is 0. The van der Waals surface area contributed by atoms with Gasteiger partial charge in [0.1, 0.15) is 0 Å². The monoisotopic (exact) mass is 193 g/mol. The molecule has 0 heterocycles. The normalized spacial score (nSPS) is 12.8. The molecule has 0 aliphatic heterocycles. The van der Waals surface area contributed by atoms with Gasteiger partial charge in [0.2, 0.25) is 0 Å². The minimum absolute atomic E-state index is 0.252. The van der Waals surface area contributed by atoms with Crippen LogP contribution in [0, 0.1) is 6.92 Å². The Morgan fingerprint density at radius 3 is 2.86 bits per heavy atom. The number of rotatable bonds is 5. The lowest BCUT2D eigenvalue weighted by atomic mass is 10.1. The Morgan fingerprint density at radius 2 is 2.21 bits per heavy atom. The molecule has 0 fully saturated rings. The fourth-order valence-electron chi connectivity index (χ4n) is 1.41. The fraction of sp³-hybridized carbons (Fsp3) is 0.500. The van der Waals surface area contributed by atoms with Gasteiger partial charge in [-0.2, -0.15) is 0 Å². The van der Waals surface area contributed by atoms with Gasteiger partial charge in [0.15, 0.2) is 0 Å². The zero-order valence-corrected chi connectivity index (χ0v) is 8.96. The molecule has 1 atom stereocenters. The van der Waals surface area contributed by atoms with E-state index < -0.39 is 0 Å². The lowest BCUT2D eigenvalue weighted by Crippen LogP contribution is -2.26. The Labute approximate surface area is 86.0 Å². The standard InChI is InChI=1S/C12H19NO/c1-10-4-3-5-12(8-10)9-13-11(2)6-7-14/h3-5,8,11,13-14H,6-7,9H2,1-2H3/t11-/m1/s1. The first-order chi connectivity index (χ1) is 6.72. The van der Waals surface area contributed by atoms with Gasteiger partial charge in [-0.3, -0.25) is 0 Å². The molecule has 0 unspecified atom stereocenters. The maximum absolute atomic E-state index is 8.74. The van der Waals surface area contributed by atoms with E-state index in [1.807, 2.05) is 0 Å². The SMILES string of the molecule is Cc1cccc(CN[C@H](C)CCO)c1. The van der Waals surface area contributed by atoms with Crippen LogP contribution in [0.3, 0.4) is 0 Å². The molecular weight excluding hydrogens is 174 g/mol. The van der Waals surface area contributed by atoms with E-state index in [0.717, 1.165) is 13.0 Å². The van der Waals surface area contributed by atoms with Crippen LogP contribution in [0.5, 0.6) is 0 Å². The summed E-state index contributed by atoms with van der Waals surface area (Å²) in [6.45, 7) is 5.32. The van der Waals surface area contributed by atoms with Crippen LogP contribution in [0.25, 0.3) is 0 Å². The van der Waals surface area contributed by atoms with Gasteiger partial charge in [-0.25, -0.2) is 0 Å². The van der Waals surface area contributed by atoms with Crippen molar-refractivity contribution in [3.05, 3.63) is 35.4 Å². The molecule has 78 valence electrons. The maximum Gasteiger partial charge on any atom is 0.0445 e. The van der Waals surface area contributed by atoms with Crippen molar-refractivity contribution in [2.24, 2.45) is 0 Å². The molecule has 0 amide bonds. The molecule has 1 aromatic carbocycles. The Hall–Kier alpha value is -0.860. The van der Waals surface area contributed by atoms with E-state index in [4.69, 9.17) is 5.11 Å². The zero-order valence-electron chi connectivity index (χ0n) is 8.96. The first-order valence-corrected chi connectivity index (χ1v) is 5.12. The molecule has 1 rings (SSSR count). The van der Waals surface area contributed by atoms with Gasteiger partial charge in [0.25, 0.3) is 0 Å². The van der Waals surface area contributed by atoms with Gasteiger partial charge in [0.05, 0.1) is 0 Å². The average molecular weight is 193 g/mol. The van der Waals surface area contributed by atoms with Gasteiger partial charge >= 0.3 is 0 Å². The maximum atomic E-state index is 8.74. The largest absolute Gasteiger partial charge is 0.396 e. The van der Waals surface area contributed by atoms with E-state index in [2.05, 4.69) is 43.4 Å². The van der Waals surface area contributed by atoms with Gasteiger partial charge in [-0.05, 0) is 25.8 Å². The fourth-order valence-corrected chi connectivity index (χ4v) is 1.41. The molecule has 2 N–H and O–H groups in total. The topological polar surface area (TPSA) is 32.3 Å². The highest BCUT2D eigenvalue weighted by atomic mass is 16.3. The molecule has 1 aromatic rings. The van der Waals surface area contributed by atoms with Gasteiger partial charge in [-0.1, -0.05) is 29.8 Å². The average Bonchev–Trinajstić information content (AvgIpc) is 2.15. The number of benzene rings is 1. The van der Waals surface area contributed by atoms with Crippen LogP contribution in [0.1, 0.15) is 24.5 Å². The summed E-state index contributed by atoms with van der Waals surface area (Å²) in [5.74, 6) is 0. The Morgan fingerprint density at radius 1 is 1.43 bits per heavy atom. The number of aryl methyl sites for hydroxylation is 1. The zero-order chi connectivity index (χ0) is 10.4. The Kier molecular flexibility index (Phi) is 4.63. The van der Waals surface area contributed by atoms with Crippen molar-refractivity contribution < 1.29 is 5.11 Å². The summed E-state index contributed by atoms with van der Waals surface area (Å²) in [5.41, 5.74) is 2.59. The van der Waals surface area contributed by atoms with Crippen molar-refractivity contribution in [3.63, 3.8) is 0 Å². The molecule has 0 aromatic heterocycles. The van der Waals surface area contributed by atoms with E-state index in [0.29, 0.717) is 6.04 Å². The van der Waals surface area contributed by atoms with Crippen LogP contribution in [0.4, 0.5) is 0 Å². The molecule has 14 heavy (non-hydrogen) atoms. The van der Waals surface area contributed by atoms with Crippen LogP contribution < -0.4 is 5.32 Å². The van der Waals surface area contributed by atoms with Crippen LogP contribution >= 0.6 is 0 Å². The minimum Gasteiger partial charge on any atom is -0.396 e. The number of hydrogen-bond donors (Lipinski definition) is 2. The van der Waals surface area contributed by atoms with E-state index in [9.17, 15) is 0 Å². The molecule has 0 saturated heterocycles. The summed E-state index contributed by atoms with van der Waals surface area (Å²) >= 11 is 0.